The molecule has 0 spiro atoms. The average molecular weight is 343 g/mol. The van der Waals surface area contributed by atoms with E-state index in [-0.39, 0.29) is 11.8 Å². The fourth-order valence-corrected chi connectivity index (χ4v) is 3.48. The summed E-state index contributed by atoms with van der Waals surface area (Å²) >= 11 is 0. The lowest BCUT2D eigenvalue weighted by Crippen LogP contribution is -2.16. The Hall–Kier alpha value is -2.52. The fourth-order valence-electron chi connectivity index (χ4n) is 2.35. The van der Waals surface area contributed by atoms with Crippen molar-refractivity contribution in [2.45, 2.75) is 26.3 Å². The number of nitriles is 1. The highest BCUT2D eigenvalue weighted by atomic mass is 32.2. The standard InChI is InChI=1S/C18H21N3O2S/c1-3-11-24(22,23)21-18-6-4-5-17(12-18)20-14(2)16-9-7-15(13-19)8-10-16/h4-10,12,14,20-21H,3,11H2,1-2H3/t14-/m0/s1. The molecule has 0 amide bonds. The first-order valence-corrected chi connectivity index (χ1v) is 9.46. The lowest BCUT2D eigenvalue weighted by molar-refractivity contribution is 0.600. The lowest BCUT2D eigenvalue weighted by atomic mass is 10.1. The van der Waals surface area contributed by atoms with E-state index in [4.69, 9.17) is 5.26 Å². The summed E-state index contributed by atoms with van der Waals surface area (Å²) in [4.78, 5) is 0. The van der Waals surface area contributed by atoms with E-state index in [9.17, 15) is 8.42 Å². The average Bonchev–Trinajstić information content (AvgIpc) is 2.54. The summed E-state index contributed by atoms with van der Waals surface area (Å²) in [6, 6.07) is 16.7. The Morgan fingerprint density at radius 3 is 2.42 bits per heavy atom. The molecule has 2 N–H and O–H groups in total. The molecule has 0 aliphatic carbocycles. The minimum Gasteiger partial charge on any atom is -0.378 e. The number of sulfonamides is 1. The van der Waals surface area contributed by atoms with Crippen LogP contribution in [-0.2, 0) is 10.0 Å². The zero-order valence-corrected chi connectivity index (χ0v) is 14.6. The Kier molecular flexibility index (Phi) is 5.83. The summed E-state index contributed by atoms with van der Waals surface area (Å²) < 4.78 is 26.3. The van der Waals surface area contributed by atoms with E-state index in [1.807, 2.05) is 32.0 Å². The van der Waals surface area contributed by atoms with Crippen LogP contribution in [0.4, 0.5) is 11.4 Å². The third kappa shape index (κ3) is 5.00. The molecule has 0 aliphatic heterocycles. The van der Waals surface area contributed by atoms with Gasteiger partial charge in [-0.2, -0.15) is 5.26 Å². The fraction of sp³-hybridized carbons (Fsp3) is 0.278. The van der Waals surface area contributed by atoms with E-state index in [0.717, 1.165) is 11.3 Å². The van der Waals surface area contributed by atoms with E-state index in [1.54, 1.807) is 30.3 Å². The van der Waals surface area contributed by atoms with Crippen molar-refractivity contribution in [1.82, 2.24) is 0 Å². The van der Waals surface area contributed by atoms with Gasteiger partial charge in [0.15, 0.2) is 0 Å². The Balaban J connectivity index is 2.09. The van der Waals surface area contributed by atoms with Gasteiger partial charge in [0, 0.05) is 11.7 Å². The molecule has 2 aromatic rings. The second-order valence-corrected chi connectivity index (χ2v) is 7.44. The van der Waals surface area contributed by atoms with Crippen molar-refractivity contribution in [3.8, 4) is 6.07 Å². The molecule has 0 aromatic heterocycles. The predicted molar refractivity (Wildman–Crippen MR) is 97.3 cm³/mol. The SMILES string of the molecule is CCCS(=O)(=O)Nc1cccc(N[C@@H](C)c2ccc(C#N)cc2)c1. The van der Waals surface area contributed by atoms with Gasteiger partial charge in [-0.05, 0) is 49.2 Å². The summed E-state index contributed by atoms with van der Waals surface area (Å²) in [5, 5.41) is 12.2. The first kappa shape index (κ1) is 17.8. The summed E-state index contributed by atoms with van der Waals surface area (Å²) in [7, 11) is -3.30. The van der Waals surface area contributed by atoms with E-state index >= 15 is 0 Å². The highest BCUT2D eigenvalue weighted by Crippen LogP contribution is 2.22. The van der Waals surface area contributed by atoms with Gasteiger partial charge in [-0.1, -0.05) is 25.1 Å². The van der Waals surface area contributed by atoms with Gasteiger partial charge >= 0.3 is 0 Å². The van der Waals surface area contributed by atoms with Gasteiger partial charge < -0.3 is 5.32 Å². The van der Waals surface area contributed by atoms with Crippen LogP contribution in [0.3, 0.4) is 0 Å². The summed E-state index contributed by atoms with van der Waals surface area (Å²) in [5.74, 6) is 0.103. The summed E-state index contributed by atoms with van der Waals surface area (Å²) in [5.41, 5.74) is 3.04. The second-order valence-electron chi connectivity index (χ2n) is 5.60. The summed E-state index contributed by atoms with van der Waals surface area (Å²) in [6.45, 7) is 3.84. The minimum atomic E-state index is -3.30. The monoisotopic (exact) mass is 343 g/mol. The van der Waals surface area contributed by atoms with Gasteiger partial charge in [-0.25, -0.2) is 8.42 Å². The number of nitrogens with zero attached hydrogens (tertiary/aromatic N) is 1. The van der Waals surface area contributed by atoms with Crippen LogP contribution < -0.4 is 10.0 Å². The maximum absolute atomic E-state index is 11.9. The van der Waals surface area contributed by atoms with E-state index in [2.05, 4.69) is 16.1 Å². The molecule has 0 saturated carbocycles. The molecule has 0 fully saturated rings. The Morgan fingerprint density at radius 2 is 1.79 bits per heavy atom. The number of rotatable bonds is 7. The van der Waals surface area contributed by atoms with E-state index in [0.29, 0.717) is 17.7 Å². The van der Waals surface area contributed by atoms with Crippen LogP contribution in [0.15, 0.2) is 48.5 Å². The third-order valence-corrected chi connectivity index (χ3v) is 5.02. The van der Waals surface area contributed by atoms with Gasteiger partial charge in [0.05, 0.1) is 23.1 Å². The van der Waals surface area contributed by atoms with Crippen molar-refractivity contribution < 1.29 is 8.42 Å². The highest BCUT2D eigenvalue weighted by Gasteiger charge is 2.10. The molecule has 0 unspecified atom stereocenters. The van der Waals surface area contributed by atoms with Crippen molar-refractivity contribution >= 4 is 21.4 Å². The maximum atomic E-state index is 11.9. The van der Waals surface area contributed by atoms with Crippen LogP contribution in [-0.4, -0.2) is 14.2 Å². The minimum absolute atomic E-state index is 0.0280. The molecular formula is C18H21N3O2S. The van der Waals surface area contributed by atoms with Gasteiger partial charge in [0.1, 0.15) is 0 Å². The quantitative estimate of drug-likeness (QED) is 0.799. The molecule has 1 atom stereocenters. The van der Waals surface area contributed by atoms with Crippen LogP contribution >= 0.6 is 0 Å². The van der Waals surface area contributed by atoms with Crippen molar-refractivity contribution in [3.05, 3.63) is 59.7 Å². The summed E-state index contributed by atoms with van der Waals surface area (Å²) in [6.07, 6.45) is 0.572. The molecule has 126 valence electrons. The van der Waals surface area contributed by atoms with Crippen LogP contribution in [0.1, 0.15) is 37.4 Å². The number of anilines is 2. The number of nitrogens with one attached hydrogen (secondary N) is 2. The van der Waals surface area contributed by atoms with E-state index in [1.165, 1.54) is 0 Å². The van der Waals surface area contributed by atoms with Crippen LogP contribution in [0, 0.1) is 11.3 Å². The second kappa shape index (κ2) is 7.84. The maximum Gasteiger partial charge on any atom is 0.232 e. The van der Waals surface area contributed by atoms with Crippen molar-refractivity contribution in [2.24, 2.45) is 0 Å². The van der Waals surface area contributed by atoms with Crippen molar-refractivity contribution in [1.29, 1.82) is 5.26 Å². The Labute approximate surface area is 143 Å². The van der Waals surface area contributed by atoms with Crippen molar-refractivity contribution in [2.75, 3.05) is 15.8 Å². The largest absolute Gasteiger partial charge is 0.378 e. The molecule has 6 heteroatoms. The van der Waals surface area contributed by atoms with Gasteiger partial charge in [0.25, 0.3) is 0 Å². The first-order valence-electron chi connectivity index (χ1n) is 7.80. The number of benzene rings is 2. The molecule has 5 nitrogen and oxygen atoms in total. The normalized spacial score (nSPS) is 12.2. The highest BCUT2D eigenvalue weighted by molar-refractivity contribution is 7.92. The molecule has 0 heterocycles. The smallest absolute Gasteiger partial charge is 0.232 e. The molecule has 2 aromatic carbocycles. The lowest BCUT2D eigenvalue weighted by Gasteiger charge is -2.17. The molecule has 24 heavy (non-hydrogen) atoms. The molecule has 0 bridgehead atoms. The molecule has 2 rings (SSSR count). The van der Waals surface area contributed by atoms with Crippen LogP contribution in [0.2, 0.25) is 0 Å². The Bertz CT molecular complexity index is 824. The zero-order chi connectivity index (χ0) is 17.6. The van der Waals surface area contributed by atoms with Crippen LogP contribution in [0.5, 0.6) is 0 Å². The topological polar surface area (TPSA) is 82.0 Å². The van der Waals surface area contributed by atoms with Crippen LogP contribution in [0.25, 0.3) is 0 Å². The number of hydrogen-bond donors (Lipinski definition) is 2. The predicted octanol–water partition coefficient (Wildman–Crippen LogP) is 3.88. The van der Waals surface area contributed by atoms with Gasteiger partial charge in [-0.3, -0.25) is 4.72 Å². The van der Waals surface area contributed by atoms with Gasteiger partial charge in [0.2, 0.25) is 10.0 Å². The molecule has 0 saturated heterocycles. The van der Waals surface area contributed by atoms with E-state index < -0.39 is 10.0 Å². The van der Waals surface area contributed by atoms with Gasteiger partial charge in [-0.15, -0.1) is 0 Å². The van der Waals surface area contributed by atoms with Crippen molar-refractivity contribution in [3.63, 3.8) is 0 Å². The molecule has 0 aliphatic rings. The molecule has 0 radical (unpaired) electrons. The molecular weight excluding hydrogens is 322 g/mol. The number of hydrogen-bond acceptors (Lipinski definition) is 4. The first-order chi connectivity index (χ1) is 11.4. The third-order valence-electron chi connectivity index (χ3n) is 3.53. The zero-order valence-electron chi connectivity index (χ0n) is 13.8. The Morgan fingerprint density at radius 1 is 1.12 bits per heavy atom.